The fourth-order valence-electron chi connectivity index (χ4n) is 5.50. The first kappa shape index (κ1) is 28.9. The molecule has 0 atom stereocenters. The first-order valence-corrected chi connectivity index (χ1v) is 16.0. The molecule has 2 amide bonds. The molecule has 0 radical (unpaired) electrons. The number of likely N-dealkylation sites (tertiary alicyclic amines) is 1. The Hall–Kier alpha value is -2.13. The molecule has 0 bridgehead atoms. The van der Waals surface area contributed by atoms with Gasteiger partial charge in [-0.25, -0.2) is 17.5 Å². The number of piperidine rings is 2. The normalized spacial score (nSPS) is 18.4. The highest BCUT2D eigenvalue weighted by Crippen LogP contribution is 2.25. The Balaban J connectivity index is 1.30. The molecule has 1 N–H and O–H groups in total. The number of anilines is 1. The van der Waals surface area contributed by atoms with Crippen LogP contribution in [-0.2, 0) is 16.4 Å². The molecule has 2 fully saturated rings. The summed E-state index contributed by atoms with van der Waals surface area (Å²) in [6.45, 7) is 6.55. The lowest BCUT2D eigenvalue weighted by Gasteiger charge is -2.34. The smallest absolute Gasteiger partial charge is 0.322 e. The number of hydrogen-bond acceptors (Lipinski definition) is 4. The maximum absolute atomic E-state index is 13.4. The Bertz CT molecular complexity index is 1160. The number of amides is 2. The summed E-state index contributed by atoms with van der Waals surface area (Å²) >= 11 is 6.41. The second-order valence-corrected chi connectivity index (χ2v) is 13.2. The number of benzene rings is 2. The summed E-state index contributed by atoms with van der Waals surface area (Å²) in [5.41, 5.74) is 3.18. The number of rotatable bonds is 9. The van der Waals surface area contributed by atoms with Crippen LogP contribution in [0.2, 0.25) is 5.02 Å². The van der Waals surface area contributed by atoms with Crippen molar-refractivity contribution in [2.24, 2.45) is 5.92 Å². The van der Waals surface area contributed by atoms with E-state index in [-0.39, 0.29) is 12.1 Å². The molecule has 4 rings (SSSR count). The number of nitrogens with zero attached hydrogens (tertiary/aromatic N) is 3. The Labute approximate surface area is 233 Å². The summed E-state index contributed by atoms with van der Waals surface area (Å²) in [4.78, 5) is 17.7. The summed E-state index contributed by atoms with van der Waals surface area (Å²) in [6.07, 6.45) is 6.89. The molecule has 2 aromatic carbocycles. The quantitative estimate of drug-likeness (QED) is 0.472. The number of carbonyl (C=O) groups is 1. The first-order valence-electron chi connectivity index (χ1n) is 13.7. The van der Waals surface area contributed by atoms with Gasteiger partial charge in [-0.2, -0.15) is 0 Å². The number of nitrogens with one attached hydrogen (secondary N) is 1. The predicted octanol–water partition coefficient (Wildman–Crippen LogP) is 4.93. The van der Waals surface area contributed by atoms with Crippen LogP contribution in [0.3, 0.4) is 0 Å². The number of halogens is 1. The molecule has 2 heterocycles. The summed E-state index contributed by atoms with van der Waals surface area (Å²) in [7, 11) is -3.20. The minimum atomic E-state index is -3.20. The number of aryl methyl sites for hydroxylation is 1. The molecule has 0 unspecified atom stereocenters. The SMILES string of the molecule is Cc1ccc(N(CCCN2CCC(Cc3ccccc3)CC2)C(=O)NC2CCN(S(C)(=O)=O)CC2)cc1Cl. The van der Waals surface area contributed by atoms with Crippen LogP contribution >= 0.6 is 11.6 Å². The van der Waals surface area contributed by atoms with Gasteiger partial charge < -0.3 is 10.2 Å². The molecule has 9 heteroatoms. The number of urea groups is 1. The predicted molar refractivity (Wildman–Crippen MR) is 155 cm³/mol. The van der Waals surface area contributed by atoms with Gasteiger partial charge >= 0.3 is 6.03 Å². The maximum atomic E-state index is 13.4. The number of carbonyl (C=O) groups excluding carboxylic acids is 1. The second kappa shape index (κ2) is 13.3. The van der Waals surface area contributed by atoms with Gasteiger partial charge in [-0.05, 0) is 94.3 Å². The van der Waals surface area contributed by atoms with E-state index in [1.165, 1.54) is 29.0 Å². The molecule has 2 aliphatic heterocycles. The second-order valence-electron chi connectivity index (χ2n) is 10.8. The van der Waals surface area contributed by atoms with E-state index in [1.807, 2.05) is 25.1 Å². The third-order valence-electron chi connectivity index (χ3n) is 7.89. The Morgan fingerprint density at radius 1 is 1.03 bits per heavy atom. The molecular formula is C29H41ClN4O3S. The molecule has 38 heavy (non-hydrogen) atoms. The van der Waals surface area contributed by atoms with Crippen molar-refractivity contribution in [3.8, 4) is 0 Å². The van der Waals surface area contributed by atoms with E-state index in [4.69, 9.17) is 11.6 Å². The van der Waals surface area contributed by atoms with Crippen molar-refractivity contribution in [1.29, 1.82) is 0 Å². The minimum Gasteiger partial charge on any atom is -0.335 e. The first-order chi connectivity index (χ1) is 18.2. The van der Waals surface area contributed by atoms with E-state index in [9.17, 15) is 13.2 Å². The topological polar surface area (TPSA) is 73.0 Å². The van der Waals surface area contributed by atoms with Crippen molar-refractivity contribution in [2.45, 2.75) is 51.5 Å². The molecule has 0 saturated carbocycles. The lowest BCUT2D eigenvalue weighted by Crippen LogP contribution is -2.50. The molecule has 208 valence electrons. The number of hydrogen-bond donors (Lipinski definition) is 1. The van der Waals surface area contributed by atoms with E-state index in [2.05, 4.69) is 40.5 Å². The Morgan fingerprint density at radius 3 is 2.34 bits per heavy atom. The van der Waals surface area contributed by atoms with Gasteiger partial charge in [0.1, 0.15) is 0 Å². The lowest BCUT2D eigenvalue weighted by molar-refractivity contribution is 0.182. The third kappa shape index (κ3) is 8.18. The van der Waals surface area contributed by atoms with Crippen molar-refractivity contribution in [1.82, 2.24) is 14.5 Å². The van der Waals surface area contributed by atoms with Gasteiger partial charge in [0.15, 0.2) is 0 Å². The van der Waals surface area contributed by atoms with E-state index in [1.54, 1.807) is 4.90 Å². The minimum absolute atomic E-state index is 0.0486. The fourth-order valence-corrected chi connectivity index (χ4v) is 6.54. The molecule has 2 saturated heterocycles. The summed E-state index contributed by atoms with van der Waals surface area (Å²) in [5.74, 6) is 0.736. The van der Waals surface area contributed by atoms with E-state index in [0.29, 0.717) is 37.5 Å². The molecule has 2 aromatic rings. The van der Waals surface area contributed by atoms with Crippen molar-refractivity contribution >= 4 is 33.3 Å². The van der Waals surface area contributed by atoms with Gasteiger partial charge in [0.05, 0.1) is 6.26 Å². The summed E-state index contributed by atoms with van der Waals surface area (Å²) in [6, 6.07) is 16.3. The van der Waals surface area contributed by atoms with E-state index < -0.39 is 10.0 Å². The van der Waals surface area contributed by atoms with Crippen LogP contribution in [0.25, 0.3) is 0 Å². The van der Waals surface area contributed by atoms with Crippen LogP contribution in [0.5, 0.6) is 0 Å². The largest absolute Gasteiger partial charge is 0.335 e. The molecule has 0 aliphatic carbocycles. The van der Waals surface area contributed by atoms with Crippen LogP contribution in [0.15, 0.2) is 48.5 Å². The maximum Gasteiger partial charge on any atom is 0.322 e. The zero-order valence-corrected chi connectivity index (χ0v) is 24.2. The molecular weight excluding hydrogens is 520 g/mol. The molecule has 0 spiro atoms. The zero-order valence-electron chi connectivity index (χ0n) is 22.6. The average Bonchev–Trinajstić information content (AvgIpc) is 2.90. The molecule has 0 aromatic heterocycles. The summed E-state index contributed by atoms with van der Waals surface area (Å²) in [5, 5.41) is 3.79. The van der Waals surface area contributed by atoms with Crippen molar-refractivity contribution in [3.05, 3.63) is 64.7 Å². The van der Waals surface area contributed by atoms with Gasteiger partial charge in [-0.3, -0.25) is 4.90 Å². The van der Waals surface area contributed by atoms with Crippen molar-refractivity contribution < 1.29 is 13.2 Å². The van der Waals surface area contributed by atoms with E-state index in [0.717, 1.165) is 49.6 Å². The Kier molecular flexibility index (Phi) is 10.1. The third-order valence-corrected chi connectivity index (χ3v) is 9.60. The Morgan fingerprint density at radius 2 is 1.71 bits per heavy atom. The molecule has 7 nitrogen and oxygen atoms in total. The van der Waals surface area contributed by atoms with Gasteiger partial charge in [-0.1, -0.05) is 48.0 Å². The zero-order chi connectivity index (χ0) is 27.1. The van der Waals surface area contributed by atoms with Crippen molar-refractivity contribution in [2.75, 3.05) is 50.4 Å². The van der Waals surface area contributed by atoms with Gasteiger partial charge in [0.2, 0.25) is 10.0 Å². The number of sulfonamides is 1. The highest BCUT2D eigenvalue weighted by molar-refractivity contribution is 7.88. The monoisotopic (exact) mass is 560 g/mol. The van der Waals surface area contributed by atoms with Gasteiger partial charge in [-0.15, -0.1) is 0 Å². The van der Waals surface area contributed by atoms with Crippen LogP contribution in [0, 0.1) is 12.8 Å². The highest BCUT2D eigenvalue weighted by Gasteiger charge is 2.28. The van der Waals surface area contributed by atoms with Gasteiger partial charge in [0.25, 0.3) is 0 Å². The summed E-state index contributed by atoms with van der Waals surface area (Å²) < 4.78 is 25.1. The van der Waals surface area contributed by atoms with Gasteiger partial charge in [0, 0.05) is 36.4 Å². The standard InChI is InChI=1S/C29H41ClN4O3S/c1-23-9-10-27(22-28(23)30)34(29(35)31-26-13-19-33(20-14-26)38(2,36)37)16-6-15-32-17-11-25(12-18-32)21-24-7-4-3-5-8-24/h3-5,7-10,22,25-26H,6,11-21H2,1-2H3,(H,31,35). The van der Waals surface area contributed by atoms with E-state index >= 15 is 0 Å². The fraction of sp³-hybridized carbons (Fsp3) is 0.552. The van der Waals surface area contributed by atoms with Crippen LogP contribution in [0.4, 0.5) is 10.5 Å². The lowest BCUT2D eigenvalue weighted by atomic mass is 9.90. The van der Waals surface area contributed by atoms with Crippen LogP contribution in [-0.4, -0.2) is 75.2 Å². The van der Waals surface area contributed by atoms with Crippen LogP contribution in [0.1, 0.15) is 43.2 Å². The van der Waals surface area contributed by atoms with Crippen molar-refractivity contribution in [3.63, 3.8) is 0 Å². The van der Waals surface area contributed by atoms with Crippen LogP contribution < -0.4 is 10.2 Å². The average molecular weight is 561 g/mol. The highest BCUT2D eigenvalue weighted by atomic mass is 35.5. The molecule has 2 aliphatic rings.